The van der Waals surface area contributed by atoms with Gasteiger partial charge in [-0.25, -0.2) is 0 Å². The van der Waals surface area contributed by atoms with Crippen LogP contribution in [0.15, 0.2) is 30.5 Å². The number of nitrogens with one attached hydrogen (secondary N) is 1. The number of hydrogen-bond acceptors (Lipinski definition) is 5. The Kier molecular flexibility index (Phi) is 3.35. The Labute approximate surface area is 121 Å². The summed E-state index contributed by atoms with van der Waals surface area (Å²) < 4.78 is 10.5. The number of nitrogens with zero attached hydrogens (tertiary/aromatic N) is 1. The molecule has 3 N–H and O–H groups in total. The molecule has 1 aromatic carbocycles. The van der Waals surface area contributed by atoms with Gasteiger partial charge in [0.1, 0.15) is 0 Å². The van der Waals surface area contributed by atoms with E-state index in [4.69, 9.17) is 15.2 Å². The van der Waals surface area contributed by atoms with Gasteiger partial charge >= 0.3 is 0 Å². The number of aromatic nitrogens is 1. The number of nitrogen functional groups attached to an aromatic ring is 1. The number of carbonyl (C=O) groups excluding carboxylic acids is 1. The summed E-state index contributed by atoms with van der Waals surface area (Å²) in [5.41, 5.74) is 8.19. The highest BCUT2D eigenvalue weighted by atomic mass is 16.7. The molecule has 2 heterocycles. The molecule has 0 bridgehead atoms. The van der Waals surface area contributed by atoms with Crippen LogP contribution in [0, 0.1) is 6.92 Å². The van der Waals surface area contributed by atoms with Gasteiger partial charge < -0.3 is 20.5 Å². The number of pyridine rings is 1. The molecule has 2 aromatic rings. The van der Waals surface area contributed by atoms with E-state index in [-0.39, 0.29) is 12.7 Å². The maximum Gasteiger partial charge on any atom is 0.253 e. The van der Waals surface area contributed by atoms with Crippen LogP contribution >= 0.6 is 0 Å². The van der Waals surface area contributed by atoms with E-state index in [1.54, 1.807) is 13.0 Å². The van der Waals surface area contributed by atoms with Gasteiger partial charge in [-0.1, -0.05) is 6.07 Å². The summed E-state index contributed by atoms with van der Waals surface area (Å²) in [6.07, 6.45) is 1.53. The average Bonchev–Trinajstić information content (AvgIpc) is 2.94. The highest BCUT2D eigenvalue weighted by molar-refractivity contribution is 5.95. The minimum absolute atomic E-state index is 0.204. The number of fused-ring (bicyclic) bond motifs is 1. The number of rotatable bonds is 3. The quantitative estimate of drug-likeness (QED) is 0.895. The lowest BCUT2D eigenvalue weighted by atomic mass is 10.1. The van der Waals surface area contributed by atoms with E-state index in [1.807, 2.05) is 18.2 Å². The Bertz CT molecular complexity index is 701. The van der Waals surface area contributed by atoms with Crippen LogP contribution in [-0.4, -0.2) is 17.7 Å². The number of aryl methyl sites for hydroxylation is 1. The van der Waals surface area contributed by atoms with Gasteiger partial charge in [-0.15, -0.1) is 0 Å². The third-order valence-corrected chi connectivity index (χ3v) is 3.24. The van der Waals surface area contributed by atoms with Gasteiger partial charge in [-0.2, -0.15) is 0 Å². The number of anilines is 1. The lowest BCUT2D eigenvalue weighted by Crippen LogP contribution is -2.24. The molecule has 6 nitrogen and oxygen atoms in total. The van der Waals surface area contributed by atoms with E-state index in [2.05, 4.69) is 10.3 Å². The number of hydrogen-bond donors (Lipinski definition) is 2. The van der Waals surface area contributed by atoms with Crippen LogP contribution < -0.4 is 20.5 Å². The second kappa shape index (κ2) is 5.32. The Morgan fingerprint density at radius 1 is 1.33 bits per heavy atom. The molecule has 0 saturated heterocycles. The van der Waals surface area contributed by atoms with Crippen molar-refractivity contribution in [2.24, 2.45) is 0 Å². The third-order valence-electron chi connectivity index (χ3n) is 3.24. The van der Waals surface area contributed by atoms with E-state index >= 15 is 0 Å². The van der Waals surface area contributed by atoms with Crippen molar-refractivity contribution in [1.82, 2.24) is 10.3 Å². The SMILES string of the molecule is Cc1ncc(N)cc1C(=O)NCc1ccc2c(c1)OCO2. The predicted octanol–water partition coefficient (Wildman–Crippen LogP) is 1.63. The molecule has 0 atom stereocenters. The van der Waals surface area contributed by atoms with Crippen molar-refractivity contribution in [3.63, 3.8) is 0 Å². The first-order chi connectivity index (χ1) is 10.1. The van der Waals surface area contributed by atoms with Crippen LogP contribution in [0.1, 0.15) is 21.6 Å². The second-order valence-corrected chi connectivity index (χ2v) is 4.77. The molecule has 108 valence electrons. The molecule has 0 aliphatic carbocycles. The maximum absolute atomic E-state index is 12.2. The highest BCUT2D eigenvalue weighted by Gasteiger charge is 2.14. The molecule has 1 aliphatic heterocycles. The van der Waals surface area contributed by atoms with Crippen molar-refractivity contribution in [2.45, 2.75) is 13.5 Å². The van der Waals surface area contributed by atoms with E-state index in [0.717, 1.165) is 11.3 Å². The maximum atomic E-state index is 12.2. The molecular weight excluding hydrogens is 270 g/mol. The Morgan fingerprint density at radius 3 is 3.00 bits per heavy atom. The lowest BCUT2D eigenvalue weighted by molar-refractivity contribution is 0.0950. The van der Waals surface area contributed by atoms with Crippen LogP contribution in [0.3, 0.4) is 0 Å². The lowest BCUT2D eigenvalue weighted by Gasteiger charge is -2.08. The number of amides is 1. The Balaban J connectivity index is 1.70. The fourth-order valence-electron chi connectivity index (χ4n) is 2.11. The van der Waals surface area contributed by atoms with Gasteiger partial charge in [0.15, 0.2) is 11.5 Å². The van der Waals surface area contributed by atoms with Gasteiger partial charge in [0.25, 0.3) is 5.91 Å². The van der Waals surface area contributed by atoms with Crippen LogP contribution in [0.5, 0.6) is 11.5 Å². The summed E-state index contributed by atoms with van der Waals surface area (Å²) in [5.74, 6) is 1.22. The van der Waals surface area contributed by atoms with E-state index in [1.165, 1.54) is 6.20 Å². The summed E-state index contributed by atoms with van der Waals surface area (Å²) in [6.45, 7) is 2.40. The summed E-state index contributed by atoms with van der Waals surface area (Å²) in [4.78, 5) is 16.2. The molecule has 0 unspecified atom stereocenters. The molecule has 0 saturated carbocycles. The van der Waals surface area contributed by atoms with E-state index in [0.29, 0.717) is 29.2 Å². The van der Waals surface area contributed by atoms with Crippen molar-refractivity contribution < 1.29 is 14.3 Å². The predicted molar refractivity (Wildman–Crippen MR) is 77.1 cm³/mol. The molecule has 21 heavy (non-hydrogen) atoms. The zero-order valence-corrected chi connectivity index (χ0v) is 11.6. The molecule has 6 heteroatoms. The van der Waals surface area contributed by atoms with Crippen LogP contribution in [0.25, 0.3) is 0 Å². The first-order valence-corrected chi connectivity index (χ1v) is 6.52. The minimum Gasteiger partial charge on any atom is -0.454 e. The molecular formula is C15H15N3O3. The van der Waals surface area contributed by atoms with Gasteiger partial charge in [0, 0.05) is 6.54 Å². The average molecular weight is 285 g/mol. The molecule has 1 amide bonds. The third kappa shape index (κ3) is 2.74. The van der Waals surface area contributed by atoms with E-state index < -0.39 is 0 Å². The first kappa shape index (κ1) is 13.2. The first-order valence-electron chi connectivity index (χ1n) is 6.52. The topological polar surface area (TPSA) is 86.5 Å². The largest absolute Gasteiger partial charge is 0.454 e. The number of carbonyl (C=O) groups is 1. The zero-order chi connectivity index (χ0) is 14.8. The van der Waals surface area contributed by atoms with Crippen LogP contribution in [0.2, 0.25) is 0 Å². The van der Waals surface area contributed by atoms with Gasteiger partial charge in [-0.3, -0.25) is 9.78 Å². The standard InChI is InChI=1S/C15H15N3O3/c1-9-12(5-11(16)7-17-9)15(19)18-6-10-2-3-13-14(4-10)21-8-20-13/h2-5,7H,6,8,16H2,1H3,(H,18,19). The van der Waals surface area contributed by atoms with Crippen molar-refractivity contribution in [3.05, 3.63) is 47.3 Å². The smallest absolute Gasteiger partial charge is 0.253 e. The molecule has 1 aliphatic rings. The molecule has 0 fully saturated rings. The normalized spacial score (nSPS) is 12.2. The van der Waals surface area contributed by atoms with Crippen molar-refractivity contribution in [3.8, 4) is 11.5 Å². The van der Waals surface area contributed by atoms with Crippen LogP contribution in [-0.2, 0) is 6.54 Å². The monoisotopic (exact) mass is 285 g/mol. The summed E-state index contributed by atoms with van der Waals surface area (Å²) in [7, 11) is 0. The van der Waals surface area contributed by atoms with Gasteiger partial charge in [-0.05, 0) is 30.7 Å². The molecule has 0 radical (unpaired) electrons. The van der Waals surface area contributed by atoms with Crippen molar-refractivity contribution in [2.75, 3.05) is 12.5 Å². The fraction of sp³-hybridized carbons (Fsp3) is 0.200. The Hall–Kier alpha value is -2.76. The van der Waals surface area contributed by atoms with Gasteiger partial charge in [0.2, 0.25) is 6.79 Å². The summed E-state index contributed by atoms with van der Waals surface area (Å²) >= 11 is 0. The van der Waals surface area contributed by atoms with E-state index in [9.17, 15) is 4.79 Å². The molecule has 3 rings (SSSR count). The number of ether oxygens (including phenoxy) is 2. The van der Waals surface area contributed by atoms with Crippen molar-refractivity contribution >= 4 is 11.6 Å². The highest BCUT2D eigenvalue weighted by Crippen LogP contribution is 2.32. The number of benzene rings is 1. The van der Waals surface area contributed by atoms with Crippen LogP contribution in [0.4, 0.5) is 5.69 Å². The minimum atomic E-state index is -0.204. The zero-order valence-electron chi connectivity index (χ0n) is 11.6. The Morgan fingerprint density at radius 2 is 2.14 bits per heavy atom. The molecule has 1 aromatic heterocycles. The van der Waals surface area contributed by atoms with Crippen molar-refractivity contribution in [1.29, 1.82) is 0 Å². The summed E-state index contributed by atoms with van der Waals surface area (Å²) in [5, 5.41) is 2.84. The number of nitrogens with two attached hydrogens (primary N) is 1. The summed E-state index contributed by atoms with van der Waals surface area (Å²) in [6, 6.07) is 7.19. The second-order valence-electron chi connectivity index (χ2n) is 4.77. The fourth-order valence-corrected chi connectivity index (χ4v) is 2.11. The van der Waals surface area contributed by atoms with Gasteiger partial charge in [0.05, 0.1) is 23.1 Å². The molecule has 0 spiro atoms.